The van der Waals surface area contributed by atoms with Gasteiger partial charge in [-0.05, 0) is 30.2 Å². The third kappa shape index (κ3) is 5.82. The summed E-state index contributed by atoms with van der Waals surface area (Å²) in [7, 11) is 2.39. The van der Waals surface area contributed by atoms with E-state index in [0.717, 1.165) is 13.2 Å². The van der Waals surface area contributed by atoms with Gasteiger partial charge in [0.2, 0.25) is 0 Å². The van der Waals surface area contributed by atoms with Gasteiger partial charge in [-0.25, -0.2) is 0 Å². The van der Waals surface area contributed by atoms with Crippen LogP contribution in [0.5, 0.6) is 0 Å². The molecule has 126 valence electrons. The minimum absolute atomic E-state index is 0. The lowest BCUT2D eigenvalue weighted by molar-refractivity contribution is -0.914. The van der Waals surface area contributed by atoms with Gasteiger partial charge in [0.15, 0.2) is 0 Å². The predicted molar refractivity (Wildman–Crippen MR) is 89.2 cm³/mol. The first-order valence-corrected chi connectivity index (χ1v) is 8.41. The zero-order chi connectivity index (χ0) is 15.3. The summed E-state index contributed by atoms with van der Waals surface area (Å²) in [6, 6.07) is 10.7. The average Bonchev–Trinajstić information content (AvgIpc) is 2.44. The van der Waals surface area contributed by atoms with Gasteiger partial charge in [0.25, 0.3) is 0 Å². The molecule has 1 aliphatic rings. The number of hydrogen-bond acceptors (Lipinski definition) is 1. The number of benzene rings is 1. The number of rotatable bonds is 5. The van der Waals surface area contributed by atoms with Crippen molar-refractivity contribution in [3.63, 3.8) is 0 Å². The van der Waals surface area contributed by atoms with Gasteiger partial charge in [-0.15, -0.1) is 0 Å². The van der Waals surface area contributed by atoms with E-state index in [9.17, 15) is 0 Å². The SMILES string of the molecule is CC(C)(C)C(OCC[N+]1(C)CCCCC1)c1ccccc1.[I-]. The van der Waals surface area contributed by atoms with Crippen LogP contribution in [-0.2, 0) is 4.74 Å². The summed E-state index contributed by atoms with van der Waals surface area (Å²) in [4.78, 5) is 0. The Morgan fingerprint density at radius 2 is 1.64 bits per heavy atom. The van der Waals surface area contributed by atoms with Crippen LogP contribution in [0.1, 0.15) is 51.7 Å². The number of likely N-dealkylation sites (N-methyl/N-ethyl adjacent to an activating group) is 1. The summed E-state index contributed by atoms with van der Waals surface area (Å²) in [6.45, 7) is 11.4. The minimum Gasteiger partial charge on any atom is -1.00 e. The lowest BCUT2D eigenvalue weighted by Crippen LogP contribution is -3.00. The van der Waals surface area contributed by atoms with Crippen molar-refractivity contribution in [3.05, 3.63) is 35.9 Å². The highest BCUT2D eigenvalue weighted by Crippen LogP contribution is 2.36. The van der Waals surface area contributed by atoms with Crippen LogP contribution in [-0.4, -0.2) is 37.8 Å². The highest BCUT2D eigenvalue weighted by molar-refractivity contribution is 5.19. The lowest BCUT2D eigenvalue weighted by Gasteiger charge is -2.39. The summed E-state index contributed by atoms with van der Waals surface area (Å²) in [5.74, 6) is 0. The first kappa shape index (κ1) is 19.9. The van der Waals surface area contributed by atoms with Crippen molar-refractivity contribution in [1.29, 1.82) is 0 Å². The molecule has 3 heteroatoms. The molecule has 1 aliphatic heterocycles. The minimum atomic E-state index is 0. The zero-order valence-electron chi connectivity index (χ0n) is 14.6. The topological polar surface area (TPSA) is 9.23 Å². The summed E-state index contributed by atoms with van der Waals surface area (Å²) < 4.78 is 7.53. The highest BCUT2D eigenvalue weighted by Gasteiger charge is 2.29. The largest absolute Gasteiger partial charge is 1.00 e. The summed E-state index contributed by atoms with van der Waals surface area (Å²) in [6.07, 6.45) is 4.33. The molecule has 2 rings (SSSR count). The molecule has 1 unspecified atom stereocenters. The van der Waals surface area contributed by atoms with Gasteiger partial charge in [-0.2, -0.15) is 0 Å². The molecule has 0 aliphatic carbocycles. The van der Waals surface area contributed by atoms with E-state index in [1.54, 1.807) is 0 Å². The van der Waals surface area contributed by atoms with Crippen LogP contribution in [0, 0.1) is 5.41 Å². The van der Waals surface area contributed by atoms with Crippen molar-refractivity contribution in [2.24, 2.45) is 5.41 Å². The van der Waals surface area contributed by atoms with Gasteiger partial charge in [0.05, 0.1) is 32.8 Å². The van der Waals surface area contributed by atoms with Crippen LogP contribution in [0.2, 0.25) is 0 Å². The van der Waals surface area contributed by atoms with Crippen molar-refractivity contribution in [2.45, 2.75) is 46.1 Å². The average molecular weight is 417 g/mol. The molecule has 0 N–H and O–H groups in total. The van der Waals surface area contributed by atoms with E-state index in [-0.39, 0.29) is 35.5 Å². The summed E-state index contributed by atoms with van der Waals surface area (Å²) in [5, 5.41) is 0. The molecule has 0 spiro atoms. The monoisotopic (exact) mass is 417 g/mol. The van der Waals surface area contributed by atoms with Crippen LogP contribution in [0.15, 0.2) is 30.3 Å². The highest BCUT2D eigenvalue weighted by atomic mass is 127. The van der Waals surface area contributed by atoms with Crippen molar-refractivity contribution < 1.29 is 33.2 Å². The fourth-order valence-electron chi connectivity index (χ4n) is 3.36. The maximum atomic E-state index is 6.34. The lowest BCUT2D eigenvalue weighted by atomic mass is 9.84. The standard InChI is InChI=1S/C19H32NO.HI/c1-19(2,3)18(17-11-7-5-8-12-17)21-16-15-20(4)13-9-6-10-14-20;/h5,7-8,11-12,18H,6,9-10,13-16H2,1-4H3;1H/q+1;/p-1. The van der Waals surface area contributed by atoms with Gasteiger partial charge in [-0.3, -0.25) is 0 Å². The number of quaternary nitrogens is 1. The smallest absolute Gasteiger partial charge is 0.102 e. The van der Waals surface area contributed by atoms with Crippen LogP contribution in [0.25, 0.3) is 0 Å². The zero-order valence-corrected chi connectivity index (χ0v) is 16.8. The second-order valence-electron chi connectivity index (χ2n) is 7.88. The van der Waals surface area contributed by atoms with Gasteiger partial charge in [0, 0.05) is 0 Å². The van der Waals surface area contributed by atoms with Gasteiger partial charge in [0.1, 0.15) is 6.54 Å². The molecule has 0 amide bonds. The summed E-state index contributed by atoms with van der Waals surface area (Å²) >= 11 is 0. The quantitative estimate of drug-likeness (QED) is 0.521. The van der Waals surface area contributed by atoms with Crippen molar-refractivity contribution in [3.8, 4) is 0 Å². The molecule has 0 aromatic heterocycles. The first-order chi connectivity index (χ1) is 9.91. The molecule has 1 fully saturated rings. The van der Waals surface area contributed by atoms with E-state index < -0.39 is 0 Å². The third-order valence-electron chi connectivity index (χ3n) is 4.70. The van der Waals surface area contributed by atoms with Crippen molar-refractivity contribution in [2.75, 3.05) is 33.3 Å². The number of ether oxygens (including phenoxy) is 1. The summed E-state index contributed by atoms with van der Waals surface area (Å²) in [5.41, 5.74) is 1.42. The second-order valence-corrected chi connectivity index (χ2v) is 7.88. The van der Waals surface area contributed by atoms with Crippen LogP contribution >= 0.6 is 0 Å². The van der Waals surface area contributed by atoms with Gasteiger partial charge < -0.3 is 33.2 Å². The van der Waals surface area contributed by atoms with E-state index in [1.807, 2.05) is 0 Å². The normalized spacial score (nSPS) is 19.3. The van der Waals surface area contributed by atoms with E-state index in [0.29, 0.717) is 0 Å². The number of nitrogens with zero attached hydrogens (tertiary/aromatic N) is 1. The number of piperidine rings is 1. The fourth-order valence-corrected chi connectivity index (χ4v) is 3.36. The molecule has 2 nitrogen and oxygen atoms in total. The molecular weight excluding hydrogens is 385 g/mol. The number of hydrogen-bond donors (Lipinski definition) is 0. The fraction of sp³-hybridized carbons (Fsp3) is 0.684. The van der Waals surface area contributed by atoms with Crippen LogP contribution in [0.4, 0.5) is 0 Å². The number of likely N-dealkylation sites (tertiary alicyclic amines) is 1. The Morgan fingerprint density at radius 1 is 1.05 bits per heavy atom. The molecule has 1 aromatic rings. The third-order valence-corrected chi connectivity index (χ3v) is 4.70. The van der Waals surface area contributed by atoms with E-state index in [4.69, 9.17) is 4.74 Å². The van der Waals surface area contributed by atoms with Gasteiger partial charge >= 0.3 is 0 Å². The molecule has 1 heterocycles. The Kier molecular flexibility index (Phi) is 7.83. The maximum absolute atomic E-state index is 6.34. The molecule has 0 saturated carbocycles. The van der Waals surface area contributed by atoms with Crippen LogP contribution < -0.4 is 24.0 Å². The van der Waals surface area contributed by atoms with Crippen molar-refractivity contribution in [1.82, 2.24) is 0 Å². The molecule has 0 bridgehead atoms. The Labute approximate surface area is 153 Å². The van der Waals surface area contributed by atoms with Crippen molar-refractivity contribution >= 4 is 0 Å². The molecule has 22 heavy (non-hydrogen) atoms. The predicted octanol–water partition coefficient (Wildman–Crippen LogP) is 1.42. The van der Waals surface area contributed by atoms with E-state index in [2.05, 4.69) is 58.2 Å². The Balaban J connectivity index is 0.00000242. The Bertz CT molecular complexity index is 421. The molecule has 1 saturated heterocycles. The van der Waals surface area contributed by atoms with E-state index >= 15 is 0 Å². The molecule has 0 radical (unpaired) electrons. The maximum Gasteiger partial charge on any atom is 0.102 e. The van der Waals surface area contributed by atoms with E-state index in [1.165, 1.54) is 42.4 Å². The first-order valence-electron chi connectivity index (χ1n) is 8.41. The molecule has 1 atom stereocenters. The van der Waals surface area contributed by atoms with Gasteiger partial charge in [-0.1, -0.05) is 51.1 Å². The molecular formula is C19H32INO. The molecule has 1 aromatic carbocycles. The Morgan fingerprint density at radius 3 is 2.18 bits per heavy atom. The second kappa shape index (κ2) is 8.65. The Hall–Kier alpha value is -0.130. The number of halogens is 1. The van der Waals surface area contributed by atoms with Crippen LogP contribution in [0.3, 0.4) is 0 Å².